The summed E-state index contributed by atoms with van der Waals surface area (Å²) in [6.07, 6.45) is 2.46. The fourth-order valence-corrected chi connectivity index (χ4v) is 3.24. The minimum absolute atomic E-state index is 0.109. The summed E-state index contributed by atoms with van der Waals surface area (Å²) < 4.78 is 35.9. The highest BCUT2D eigenvalue weighted by Crippen LogP contribution is 2.31. The number of nitrogens with two attached hydrogens (primary N) is 1. The number of nitrogens with zero attached hydrogens (tertiary/aromatic N) is 3. The molecule has 4 rings (SSSR count). The molecule has 0 radical (unpaired) electrons. The molecule has 8 heteroatoms. The van der Waals surface area contributed by atoms with Crippen LogP contribution in [0.25, 0.3) is 11.1 Å². The number of benzene rings is 2. The summed E-state index contributed by atoms with van der Waals surface area (Å²) in [5.41, 5.74) is 6.88. The van der Waals surface area contributed by atoms with E-state index in [4.69, 9.17) is 10.5 Å². The van der Waals surface area contributed by atoms with Crippen molar-refractivity contribution in [1.29, 1.82) is 0 Å². The maximum Gasteiger partial charge on any atom is 0.414 e. The van der Waals surface area contributed by atoms with Crippen molar-refractivity contribution in [1.82, 2.24) is 9.78 Å². The molecule has 2 aromatic carbocycles. The Hall–Kier alpha value is -3.26. The first kappa shape index (κ1) is 18.1. The fourth-order valence-electron chi connectivity index (χ4n) is 3.24. The van der Waals surface area contributed by atoms with Crippen LogP contribution < -0.4 is 10.6 Å². The van der Waals surface area contributed by atoms with Gasteiger partial charge in [0.15, 0.2) is 0 Å². The zero-order valence-electron chi connectivity index (χ0n) is 14.9. The van der Waals surface area contributed by atoms with Crippen LogP contribution in [-0.4, -0.2) is 28.5 Å². The Morgan fingerprint density at radius 1 is 1.14 bits per heavy atom. The number of cyclic esters (lactones) is 1. The first-order valence-corrected chi connectivity index (χ1v) is 8.79. The van der Waals surface area contributed by atoms with Gasteiger partial charge in [0.05, 0.1) is 18.8 Å². The van der Waals surface area contributed by atoms with E-state index < -0.39 is 23.8 Å². The molecule has 0 spiro atoms. The molecular formula is C20H18F2N4O2. The molecule has 0 unspecified atom stereocenters. The van der Waals surface area contributed by atoms with Gasteiger partial charge in [0.25, 0.3) is 0 Å². The second kappa shape index (κ2) is 7.40. The Labute approximate surface area is 160 Å². The third-order valence-corrected chi connectivity index (χ3v) is 4.64. The minimum Gasteiger partial charge on any atom is -0.442 e. The second-order valence-electron chi connectivity index (χ2n) is 6.53. The van der Waals surface area contributed by atoms with E-state index in [9.17, 15) is 13.6 Å². The lowest BCUT2D eigenvalue weighted by atomic mass is 10.0. The number of hydrogen-bond donors (Lipinski definition) is 1. The van der Waals surface area contributed by atoms with Crippen LogP contribution in [0.2, 0.25) is 0 Å². The van der Waals surface area contributed by atoms with E-state index in [2.05, 4.69) is 5.10 Å². The van der Waals surface area contributed by atoms with Crippen molar-refractivity contribution in [2.75, 3.05) is 11.4 Å². The van der Waals surface area contributed by atoms with Gasteiger partial charge in [-0.2, -0.15) is 5.10 Å². The largest absolute Gasteiger partial charge is 0.442 e. The molecule has 1 amide bonds. The number of carbonyl (C=O) groups is 1. The van der Waals surface area contributed by atoms with Gasteiger partial charge < -0.3 is 10.5 Å². The van der Waals surface area contributed by atoms with Gasteiger partial charge in [-0.15, -0.1) is 0 Å². The Morgan fingerprint density at radius 3 is 2.71 bits per heavy atom. The topological polar surface area (TPSA) is 73.4 Å². The van der Waals surface area contributed by atoms with Crippen LogP contribution in [0.3, 0.4) is 0 Å². The van der Waals surface area contributed by atoms with Crippen LogP contribution in [-0.2, 0) is 17.8 Å². The molecule has 2 N–H and O–H groups in total. The van der Waals surface area contributed by atoms with Crippen LogP contribution >= 0.6 is 0 Å². The summed E-state index contributed by atoms with van der Waals surface area (Å²) in [6.45, 7) is 0.908. The van der Waals surface area contributed by atoms with Crippen LogP contribution in [0.4, 0.5) is 19.3 Å². The predicted octanol–water partition coefficient (Wildman–Crippen LogP) is 3.31. The number of ether oxygens (including phenoxy) is 1. The first-order valence-electron chi connectivity index (χ1n) is 8.79. The van der Waals surface area contributed by atoms with Gasteiger partial charge >= 0.3 is 6.09 Å². The number of anilines is 1. The molecule has 3 aromatic rings. The summed E-state index contributed by atoms with van der Waals surface area (Å²) in [7, 11) is 0. The third kappa shape index (κ3) is 3.46. The zero-order chi connectivity index (χ0) is 19.7. The third-order valence-electron chi connectivity index (χ3n) is 4.64. The molecule has 1 aromatic heterocycles. The molecule has 28 heavy (non-hydrogen) atoms. The predicted molar refractivity (Wildman–Crippen MR) is 99.5 cm³/mol. The number of rotatable bonds is 5. The summed E-state index contributed by atoms with van der Waals surface area (Å²) in [4.78, 5) is 13.6. The molecule has 6 nitrogen and oxygen atoms in total. The lowest BCUT2D eigenvalue weighted by Crippen LogP contribution is -2.26. The molecule has 1 saturated heterocycles. The summed E-state index contributed by atoms with van der Waals surface area (Å²) >= 11 is 0. The Bertz CT molecular complexity index is 1010. The lowest BCUT2D eigenvalue weighted by Gasteiger charge is -2.15. The van der Waals surface area contributed by atoms with E-state index in [1.165, 1.54) is 29.2 Å². The molecule has 0 bridgehead atoms. The van der Waals surface area contributed by atoms with E-state index >= 15 is 0 Å². The number of carbonyl (C=O) groups excluding carboxylic acids is 1. The second-order valence-corrected chi connectivity index (χ2v) is 6.53. The van der Waals surface area contributed by atoms with Crippen LogP contribution in [0.5, 0.6) is 0 Å². The normalized spacial score (nSPS) is 16.5. The highest BCUT2D eigenvalue weighted by molar-refractivity contribution is 5.90. The van der Waals surface area contributed by atoms with Crippen molar-refractivity contribution < 1.29 is 18.3 Å². The van der Waals surface area contributed by atoms with Gasteiger partial charge in [0, 0.05) is 30.1 Å². The molecule has 1 fully saturated rings. The van der Waals surface area contributed by atoms with E-state index in [0.717, 1.165) is 0 Å². The average Bonchev–Trinajstić information content (AvgIpc) is 3.32. The molecule has 0 saturated carbocycles. The Kier molecular flexibility index (Phi) is 4.79. The van der Waals surface area contributed by atoms with E-state index in [1.807, 2.05) is 0 Å². The van der Waals surface area contributed by atoms with Gasteiger partial charge in [0.2, 0.25) is 0 Å². The summed E-state index contributed by atoms with van der Waals surface area (Å²) in [5, 5.41) is 4.09. The highest BCUT2D eigenvalue weighted by Gasteiger charge is 2.33. The molecule has 144 valence electrons. The monoisotopic (exact) mass is 384 g/mol. The van der Waals surface area contributed by atoms with E-state index in [-0.39, 0.29) is 24.2 Å². The van der Waals surface area contributed by atoms with E-state index in [1.54, 1.807) is 35.3 Å². The van der Waals surface area contributed by atoms with Gasteiger partial charge in [-0.1, -0.05) is 6.07 Å². The quantitative estimate of drug-likeness (QED) is 0.733. The standard InChI is InChI=1S/C20H18F2N4O2/c21-18-5-2-13(10-23)8-17(18)16-4-3-14(9-19(16)22)26-12-15(28-20(26)27)11-25-7-1-6-24-25/h1-9,15H,10-12,23H2/t15-/m0/s1. The summed E-state index contributed by atoms with van der Waals surface area (Å²) in [5.74, 6) is -1.17. The van der Waals surface area contributed by atoms with Crippen molar-refractivity contribution in [3.63, 3.8) is 0 Å². The first-order chi connectivity index (χ1) is 13.5. The number of aromatic nitrogens is 2. The maximum absolute atomic E-state index is 14.7. The Balaban J connectivity index is 1.57. The van der Waals surface area contributed by atoms with Crippen molar-refractivity contribution in [3.05, 3.63) is 72.1 Å². The van der Waals surface area contributed by atoms with Crippen LogP contribution in [0.1, 0.15) is 5.56 Å². The molecule has 1 aliphatic heterocycles. The van der Waals surface area contributed by atoms with Crippen molar-refractivity contribution in [3.8, 4) is 11.1 Å². The smallest absolute Gasteiger partial charge is 0.414 e. The van der Waals surface area contributed by atoms with E-state index in [0.29, 0.717) is 17.8 Å². The molecule has 2 heterocycles. The average molecular weight is 384 g/mol. The fraction of sp³-hybridized carbons (Fsp3) is 0.200. The number of halogens is 2. The number of amides is 1. The summed E-state index contributed by atoms with van der Waals surface area (Å²) in [6, 6.07) is 10.4. The van der Waals surface area contributed by atoms with Crippen molar-refractivity contribution >= 4 is 11.8 Å². The highest BCUT2D eigenvalue weighted by atomic mass is 19.1. The Morgan fingerprint density at radius 2 is 2.00 bits per heavy atom. The van der Waals surface area contributed by atoms with Gasteiger partial charge in [0.1, 0.15) is 17.7 Å². The van der Waals surface area contributed by atoms with Gasteiger partial charge in [-0.05, 0) is 42.0 Å². The van der Waals surface area contributed by atoms with Crippen LogP contribution in [0, 0.1) is 11.6 Å². The number of hydrogen-bond acceptors (Lipinski definition) is 4. The molecule has 1 atom stereocenters. The van der Waals surface area contributed by atoms with Crippen molar-refractivity contribution in [2.24, 2.45) is 5.73 Å². The molecule has 0 aliphatic carbocycles. The van der Waals surface area contributed by atoms with Gasteiger partial charge in [-0.25, -0.2) is 13.6 Å². The molecular weight excluding hydrogens is 366 g/mol. The van der Waals surface area contributed by atoms with Crippen LogP contribution in [0.15, 0.2) is 54.9 Å². The zero-order valence-corrected chi connectivity index (χ0v) is 14.9. The SMILES string of the molecule is NCc1ccc(F)c(-c2ccc(N3C[C@H](Cn4cccn4)OC3=O)cc2F)c1. The lowest BCUT2D eigenvalue weighted by molar-refractivity contribution is 0.129. The maximum atomic E-state index is 14.7. The minimum atomic E-state index is -0.631. The molecule has 1 aliphatic rings. The van der Waals surface area contributed by atoms with Gasteiger partial charge in [-0.3, -0.25) is 9.58 Å². The van der Waals surface area contributed by atoms with Crippen molar-refractivity contribution in [2.45, 2.75) is 19.2 Å².